The molecule has 1 fully saturated rings. The van der Waals surface area contributed by atoms with Crippen LogP contribution in [0, 0.1) is 0 Å². The normalized spacial score (nSPS) is 19.5. The molecule has 0 unspecified atom stereocenters. The van der Waals surface area contributed by atoms with Gasteiger partial charge in [0.1, 0.15) is 0 Å². The molecule has 8 heavy (non-hydrogen) atoms. The van der Waals surface area contributed by atoms with Crippen molar-refractivity contribution in [2.75, 3.05) is 13.2 Å². The summed E-state index contributed by atoms with van der Waals surface area (Å²) in [4.78, 5) is 0. The van der Waals surface area contributed by atoms with Crippen LogP contribution >= 0.6 is 0 Å². The quantitative estimate of drug-likeness (QED) is 0.504. The molecule has 3 heteroatoms. The summed E-state index contributed by atoms with van der Waals surface area (Å²) in [6, 6.07) is 0.410. The van der Waals surface area contributed by atoms with Crippen molar-refractivity contribution in [3.63, 3.8) is 0 Å². The van der Waals surface area contributed by atoms with E-state index in [1.54, 1.807) is 0 Å². The lowest BCUT2D eigenvalue weighted by Crippen LogP contribution is -2.46. The van der Waals surface area contributed by atoms with Crippen molar-refractivity contribution >= 4 is 0 Å². The average Bonchev–Trinajstić information content (AvgIpc) is 1.55. The van der Waals surface area contributed by atoms with Crippen LogP contribution in [0.5, 0.6) is 0 Å². The van der Waals surface area contributed by atoms with Gasteiger partial charge in [0.05, 0.1) is 25.1 Å². The maximum atomic E-state index is 5.24. The van der Waals surface area contributed by atoms with Gasteiger partial charge in [-0.2, -0.15) is 0 Å². The molecule has 1 saturated heterocycles. The molecule has 1 heterocycles. The smallest absolute Gasteiger partial charge is 0.0889 e. The van der Waals surface area contributed by atoms with E-state index in [1.807, 2.05) is 0 Å². The molecule has 0 aliphatic carbocycles. The van der Waals surface area contributed by atoms with Crippen LogP contribution in [0.1, 0.15) is 0 Å². The van der Waals surface area contributed by atoms with Crippen molar-refractivity contribution in [1.29, 1.82) is 0 Å². The van der Waals surface area contributed by atoms with E-state index in [0.717, 1.165) is 13.2 Å². The van der Waals surface area contributed by atoms with E-state index in [2.05, 4.69) is 11.9 Å². The van der Waals surface area contributed by atoms with Crippen LogP contribution in [0.3, 0.4) is 0 Å². The van der Waals surface area contributed by atoms with Crippen LogP contribution in [0.2, 0.25) is 0 Å². The summed E-state index contributed by atoms with van der Waals surface area (Å²) in [5.74, 6) is 0.526. The van der Waals surface area contributed by atoms with Gasteiger partial charge < -0.3 is 15.8 Å². The topological polar surface area (TPSA) is 47.3 Å². The zero-order valence-electron chi connectivity index (χ0n) is 4.68. The average molecular weight is 114 g/mol. The second-order valence-corrected chi connectivity index (χ2v) is 1.90. The zero-order valence-corrected chi connectivity index (χ0v) is 4.68. The van der Waals surface area contributed by atoms with Crippen LogP contribution in [-0.4, -0.2) is 19.3 Å². The predicted molar refractivity (Wildman–Crippen MR) is 31.1 cm³/mol. The van der Waals surface area contributed by atoms with Crippen molar-refractivity contribution in [3.05, 3.63) is 12.4 Å². The standard InChI is InChI=1S/C5H10N2O/c1-4(6)7-5-2-8-3-5/h5,7H,1-3,6H2. The number of nitrogens with one attached hydrogen (secondary N) is 1. The van der Waals surface area contributed by atoms with Gasteiger partial charge in [-0.1, -0.05) is 6.58 Å². The lowest BCUT2D eigenvalue weighted by atomic mass is 10.3. The largest absolute Gasteiger partial charge is 0.386 e. The Morgan fingerprint density at radius 3 is 2.50 bits per heavy atom. The molecule has 0 atom stereocenters. The lowest BCUT2D eigenvalue weighted by Gasteiger charge is -2.27. The number of nitrogens with two attached hydrogens (primary N) is 1. The molecule has 0 amide bonds. The maximum Gasteiger partial charge on any atom is 0.0889 e. The molecule has 1 rings (SSSR count). The van der Waals surface area contributed by atoms with Gasteiger partial charge in [-0.15, -0.1) is 0 Å². The fraction of sp³-hybridized carbons (Fsp3) is 0.600. The summed E-state index contributed by atoms with van der Waals surface area (Å²) < 4.78 is 4.88. The van der Waals surface area contributed by atoms with Crippen molar-refractivity contribution < 1.29 is 4.74 Å². The van der Waals surface area contributed by atoms with Gasteiger partial charge in [-0.25, -0.2) is 0 Å². The van der Waals surface area contributed by atoms with Gasteiger partial charge in [-0.05, 0) is 0 Å². The van der Waals surface area contributed by atoms with Gasteiger partial charge in [0.25, 0.3) is 0 Å². The summed E-state index contributed by atoms with van der Waals surface area (Å²) in [6.07, 6.45) is 0. The Morgan fingerprint density at radius 1 is 1.75 bits per heavy atom. The van der Waals surface area contributed by atoms with E-state index < -0.39 is 0 Å². The van der Waals surface area contributed by atoms with E-state index in [0.29, 0.717) is 11.9 Å². The van der Waals surface area contributed by atoms with Crippen LogP contribution in [0.4, 0.5) is 0 Å². The molecule has 0 aromatic rings. The Labute approximate surface area is 48.5 Å². The highest BCUT2D eigenvalue weighted by Crippen LogP contribution is 1.99. The third-order valence-electron chi connectivity index (χ3n) is 1.03. The summed E-state index contributed by atoms with van der Waals surface area (Å²) in [5, 5.41) is 2.94. The van der Waals surface area contributed by atoms with Crippen LogP contribution < -0.4 is 11.1 Å². The van der Waals surface area contributed by atoms with Crippen molar-refractivity contribution in [3.8, 4) is 0 Å². The molecular weight excluding hydrogens is 104 g/mol. The predicted octanol–water partition coefficient (Wildman–Crippen LogP) is -0.595. The number of rotatable bonds is 2. The van der Waals surface area contributed by atoms with Crippen LogP contribution in [-0.2, 0) is 4.74 Å². The molecule has 46 valence electrons. The van der Waals surface area contributed by atoms with E-state index in [9.17, 15) is 0 Å². The summed E-state index contributed by atoms with van der Waals surface area (Å²) in [7, 11) is 0. The first-order valence-corrected chi connectivity index (χ1v) is 2.57. The Hall–Kier alpha value is -0.700. The molecular formula is C5H10N2O. The summed E-state index contributed by atoms with van der Waals surface area (Å²) in [5.41, 5.74) is 5.24. The molecule has 0 radical (unpaired) electrons. The minimum Gasteiger partial charge on any atom is -0.386 e. The van der Waals surface area contributed by atoms with Crippen molar-refractivity contribution in [2.45, 2.75) is 6.04 Å². The lowest BCUT2D eigenvalue weighted by molar-refractivity contribution is -0.000853. The Kier molecular flexibility index (Phi) is 1.39. The molecule has 0 spiro atoms. The Balaban J connectivity index is 2.09. The molecule has 0 aromatic carbocycles. The number of hydrogen-bond donors (Lipinski definition) is 2. The Bertz CT molecular complexity index is 98.6. The first kappa shape index (κ1) is 5.44. The highest BCUT2D eigenvalue weighted by molar-refractivity contribution is 4.89. The molecule has 0 bridgehead atoms. The van der Waals surface area contributed by atoms with Gasteiger partial charge in [0, 0.05) is 0 Å². The first-order chi connectivity index (χ1) is 3.79. The molecule has 0 saturated carbocycles. The van der Waals surface area contributed by atoms with Crippen molar-refractivity contribution in [1.82, 2.24) is 5.32 Å². The minimum atomic E-state index is 0.410. The van der Waals surface area contributed by atoms with Gasteiger partial charge in [-0.3, -0.25) is 0 Å². The van der Waals surface area contributed by atoms with Gasteiger partial charge >= 0.3 is 0 Å². The molecule has 3 N–H and O–H groups in total. The molecule has 3 nitrogen and oxygen atoms in total. The van der Waals surface area contributed by atoms with E-state index in [4.69, 9.17) is 10.5 Å². The first-order valence-electron chi connectivity index (χ1n) is 2.57. The zero-order chi connectivity index (χ0) is 5.98. The summed E-state index contributed by atoms with van der Waals surface area (Å²) in [6.45, 7) is 5.01. The van der Waals surface area contributed by atoms with E-state index in [1.165, 1.54) is 0 Å². The molecule has 1 aliphatic heterocycles. The summed E-state index contributed by atoms with van der Waals surface area (Å²) >= 11 is 0. The maximum absolute atomic E-state index is 5.24. The monoisotopic (exact) mass is 114 g/mol. The van der Waals surface area contributed by atoms with Gasteiger partial charge in [0.2, 0.25) is 0 Å². The van der Waals surface area contributed by atoms with Crippen LogP contribution in [0.15, 0.2) is 12.4 Å². The third-order valence-corrected chi connectivity index (χ3v) is 1.03. The SMILES string of the molecule is C=C(N)NC1COC1. The fourth-order valence-electron chi connectivity index (χ4n) is 0.581. The third kappa shape index (κ3) is 1.13. The minimum absolute atomic E-state index is 0.410. The fourth-order valence-corrected chi connectivity index (χ4v) is 0.581. The second-order valence-electron chi connectivity index (χ2n) is 1.90. The van der Waals surface area contributed by atoms with Gasteiger partial charge in [0.15, 0.2) is 0 Å². The molecule has 0 aromatic heterocycles. The molecule has 1 aliphatic rings. The highest BCUT2D eigenvalue weighted by atomic mass is 16.5. The van der Waals surface area contributed by atoms with Crippen molar-refractivity contribution in [2.24, 2.45) is 5.73 Å². The highest BCUT2D eigenvalue weighted by Gasteiger charge is 2.16. The number of ether oxygens (including phenoxy) is 1. The van der Waals surface area contributed by atoms with E-state index >= 15 is 0 Å². The Morgan fingerprint density at radius 2 is 2.38 bits per heavy atom. The second kappa shape index (κ2) is 2.05. The van der Waals surface area contributed by atoms with Crippen LogP contribution in [0.25, 0.3) is 0 Å². The van der Waals surface area contributed by atoms with E-state index in [-0.39, 0.29) is 0 Å². The number of hydrogen-bond acceptors (Lipinski definition) is 3.